The van der Waals surface area contributed by atoms with Gasteiger partial charge in [-0.15, -0.1) is 0 Å². The quantitative estimate of drug-likeness (QED) is 0.156. The second-order valence-corrected chi connectivity index (χ2v) is 9.81. The lowest BCUT2D eigenvalue weighted by Crippen LogP contribution is -2.14. The number of amides is 1. The molecule has 1 unspecified atom stereocenters. The van der Waals surface area contributed by atoms with Crippen molar-refractivity contribution in [2.75, 3.05) is 11.1 Å². The molecule has 10 heteroatoms. The zero-order valence-electron chi connectivity index (χ0n) is 18.4. The van der Waals surface area contributed by atoms with Gasteiger partial charge in [0.05, 0.1) is 10.6 Å². The Morgan fingerprint density at radius 2 is 1.89 bits per heavy atom. The van der Waals surface area contributed by atoms with Crippen LogP contribution >= 0.6 is 22.6 Å². The fourth-order valence-electron chi connectivity index (χ4n) is 3.58. The van der Waals surface area contributed by atoms with Gasteiger partial charge in [0.15, 0.2) is 5.83 Å². The number of fused-ring (bicyclic) bond motifs is 1. The largest absolute Gasteiger partial charge is 0.383 e. The summed E-state index contributed by atoms with van der Waals surface area (Å²) in [6.07, 6.45) is 1.60. The number of nitrogens with one attached hydrogen (secondary N) is 1. The van der Waals surface area contributed by atoms with Crippen molar-refractivity contribution in [3.8, 4) is 11.1 Å². The lowest BCUT2D eigenvalue weighted by molar-refractivity contribution is -0.114. The second-order valence-electron chi connectivity index (χ2n) is 7.55. The first-order valence-corrected chi connectivity index (χ1v) is 12.5. The Morgan fingerprint density at radius 3 is 2.63 bits per heavy atom. The van der Waals surface area contributed by atoms with Crippen molar-refractivity contribution in [3.05, 3.63) is 87.9 Å². The van der Waals surface area contributed by atoms with E-state index >= 15 is 4.39 Å². The molecule has 0 aliphatic heterocycles. The summed E-state index contributed by atoms with van der Waals surface area (Å²) in [6.45, 7) is 1.53. The number of benzene rings is 3. The maximum atomic E-state index is 15.1. The highest BCUT2D eigenvalue weighted by Gasteiger charge is 2.17. The van der Waals surface area contributed by atoms with Gasteiger partial charge < -0.3 is 11.1 Å². The van der Waals surface area contributed by atoms with Crippen LogP contribution in [0.25, 0.3) is 27.5 Å². The van der Waals surface area contributed by atoms with Gasteiger partial charge >= 0.3 is 0 Å². The van der Waals surface area contributed by atoms with Gasteiger partial charge in [0.1, 0.15) is 5.82 Å². The van der Waals surface area contributed by atoms with Crippen molar-refractivity contribution in [1.29, 1.82) is 0 Å². The summed E-state index contributed by atoms with van der Waals surface area (Å²) in [4.78, 5) is 17.2. The molecule has 0 bridgehead atoms. The molecule has 0 spiro atoms. The van der Waals surface area contributed by atoms with E-state index < -0.39 is 22.8 Å². The lowest BCUT2D eigenvalue weighted by Gasteiger charge is -2.12. The van der Waals surface area contributed by atoms with Crippen LogP contribution in [0.3, 0.4) is 0 Å². The number of allylic oxidation sites excluding steroid dienone is 1. The highest BCUT2D eigenvalue weighted by Crippen LogP contribution is 2.31. The average molecular weight is 602 g/mol. The minimum atomic E-state index is -1.83. The minimum absolute atomic E-state index is 0.178. The van der Waals surface area contributed by atoms with Gasteiger partial charge in [-0.3, -0.25) is 4.79 Å². The third-order valence-corrected chi connectivity index (χ3v) is 7.22. The normalized spacial score (nSPS) is 12.8. The van der Waals surface area contributed by atoms with Crippen LogP contribution in [0, 0.1) is 3.57 Å². The molecule has 0 fully saturated rings. The Hall–Kier alpha value is -3.19. The first kappa shape index (κ1) is 24.9. The number of rotatable bonds is 6. The molecule has 1 amide bonds. The van der Waals surface area contributed by atoms with Crippen LogP contribution in [-0.2, 0) is 20.2 Å². The molecule has 0 radical (unpaired) electrons. The summed E-state index contributed by atoms with van der Waals surface area (Å²) in [5, 5.41) is 4.17. The van der Waals surface area contributed by atoms with Gasteiger partial charge in [-0.1, -0.05) is 36.4 Å². The van der Waals surface area contributed by atoms with E-state index in [0.717, 1.165) is 10.9 Å². The third-order valence-electron chi connectivity index (χ3n) is 5.44. The molecule has 3 aromatic carbocycles. The Bertz CT molecular complexity index is 1510. The zero-order valence-corrected chi connectivity index (χ0v) is 21.4. The standard InChI is InChI=1S/C25H20FIN4O3S/c1-14(16-7-6-15-10-11-30-24(28)19(15)12-16)23(26)25(32)31-21-9-8-17(13-20(21)27)18-4-2-3-5-22(18)35(33)34-29/h2-13H,29H2,1H3,(H2,28,30)(H,31,32). The maximum absolute atomic E-state index is 15.1. The number of hydrogen-bond acceptors (Lipinski definition) is 6. The molecule has 5 N–H and O–H groups in total. The van der Waals surface area contributed by atoms with E-state index in [-0.39, 0.29) is 5.57 Å². The number of nitrogens with two attached hydrogens (primary N) is 2. The molecule has 4 rings (SSSR count). The zero-order chi connectivity index (χ0) is 25.1. The van der Waals surface area contributed by atoms with E-state index in [0.29, 0.717) is 36.5 Å². The molecule has 35 heavy (non-hydrogen) atoms. The molecule has 7 nitrogen and oxygen atoms in total. The predicted octanol–water partition coefficient (Wildman–Crippen LogP) is 5.34. The molecule has 0 saturated carbocycles. The van der Waals surface area contributed by atoms with Crippen molar-refractivity contribution in [2.24, 2.45) is 5.90 Å². The molecule has 178 valence electrons. The van der Waals surface area contributed by atoms with Crippen LogP contribution in [0.15, 0.2) is 83.6 Å². The number of halogens is 2. The Kier molecular flexibility index (Phi) is 7.55. The van der Waals surface area contributed by atoms with Crippen molar-refractivity contribution in [1.82, 2.24) is 4.98 Å². The summed E-state index contributed by atoms with van der Waals surface area (Å²) in [5.74, 6) is 3.64. The average Bonchev–Trinajstić information content (AvgIpc) is 2.88. The van der Waals surface area contributed by atoms with E-state index in [1.54, 1.807) is 66.9 Å². The highest BCUT2D eigenvalue weighted by atomic mass is 127. The SMILES string of the molecule is CC(=C(F)C(=O)Nc1ccc(-c2ccccc2S(=O)ON)cc1I)c1ccc2ccnc(N)c2c1. The molecule has 1 aromatic heterocycles. The summed E-state index contributed by atoms with van der Waals surface area (Å²) < 4.78 is 32.3. The van der Waals surface area contributed by atoms with Crippen LogP contribution < -0.4 is 16.9 Å². The first-order valence-electron chi connectivity index (χ1n) is 10.3. The number of nitrogen functional groups attached to an aromatic ring is 1. The van der Waals surface area contributed by atoms with Crippen molar-refractivity contribution in [2.45, 2.75) is 11.8 Å². The molecular weight excluding hydrogens is 582 g/mol. The molecular formula is C25H20FIN4O3S. The van der Waals surface area contributed by atoms with Crippen LogP contribution in [-0.4, -0.2) is 15.1 Å². The van der Waals surface area contributed by atoms with Crippen LogP contribution in [0.1, 0.15) is 12.5 Å². The van der Waals surface area contributed by atoms with Gasteiger partial charge in [-0.25, -0.2) is 13.6 Å². The van der Waals surface area contributed by atoms with Crippen molar-refractivity contribution in [3.63, 3.8) is 0 Å². The van der Waals surface area contributed by atoms with E-state index in [1.165, 1.54) is 6.92 Å². The minimum Gasteiger partial charge on any atom is -0.383 e. The molecule has 1 heterocycles. The van der Waals surface area contributed by atoms with Gasteiger partial charge in [0.2, 0.25) is 11.1 Å². The number of pyridine rings is 1. The topological polar surface area (TPSA) is 120 Å². The highest BCUT2D eigenvalue weighted by molar-refractivity contribution is 14.1. The molecule has 0 aliphatic rings. The summed E-state index contributed by atoms with van der Waals surface area (Å²) in [6, 6.07) is 19.2. The van der Waals surface area contributed by atoms with E-state index in [9.17, 15) is 9.00 Å². The predicted molar refractivity (Wildman–Crippen MR) is 145 cm³/mol. The second kappa shape index (κ2) is 10.6. The number of aromatic nitrogens is 1. The Morgan fingerprint density at radius 1 is 1.11 bits per heavy atom. The molecule has 4 aromatic rings. The number of anilines is 2. The van der Waals surface area contributed by atoms with Crippen molar-refractivity contribution >= 4 is 67.4 Å². The van der Waals surface area contributed by atoms with Crippen molar-refractivity contribution < 1.29 is 17.7 Å². The van der Waals surface area contributed by atoms with E-state index in [2.05, 4.69) is 14.6 Å². The summed E-state index contributed by atoms with van der Waals surface area (Å²) >= 11 is 0.218. The Balaban J connectivity index is 1.60. The molecule has 0 aliphatic carbocycles. The maximum Gasteiger partial charge on any atom is 0.284 e. The number of nitrogens with zero attached hydrogens (tertiary/aromatic N) is 1. The van der Waals surface area contributed by atoms with Gasteiger partial charge in [-0.05, 0) is 81.9 Å². The fourth-order valence-corrected chi connectivity index (χ4v) is 4.89. The monoisotopic (exact) mass is 602 g/mol. The number of carbonyl (C=O) groups is 1. The van der Waals surface area contributed by atoms with Gasteiger partial charge in [-0.2, -0.15) is 10.2 Å². The smallest absolute Gasteiger partial charge is 0.284 e. The van der Waals surface area contributed by atoms with E-state index in [1.807, 2.05) is 28.7 Å². The number of carbonyl (C=O) groups excluding carboxylic acids is 1. The molecule has 0 saturated heterocycles. The van der Waals surface area contributed by atoms with Crippen LogP contribution in [0.2, 0.25) is 0 Å². The van der Waals surface area contributed by atoms with E-state index in [4.69, 9.17) is 11.6 Å². The third kappa shape index (κ3) is 5.25. The lowest BCUT2D eigenvalue weighted by atomic mass is 10.0. The number of hydrogen-bond donors (Lipinski definition) is 3. The first-order chi connectivity index (χ1) is 16.8. The summed E-state index contributed by atoms with van der Waals surface area (Å²) in [5.41, 5.74) is 8.48. The molecule has 1 atom stereocenters. The van der Waals surface area contributed by atoms with Crippen LogP contribution in [0.4, 0.5) is 15.9 Å². The van der Waals surface area contributed by atoms with Crippen LogP contribution in [0.5, 0.6) is 0 Å². The summed E-state index contributed by atoms with van der Waals surface area (Å²) in [7, 11) is 0. The van der Waals surface area contributed by atoms with Gasteiger partial charge in [0.25, 0.3) is 5.91 Å². The Labute approximate surface area is 217 Å². The fraction of sp³-hybridized carbons (Fsp3) is 0.0400. The van der Waals surface area contributed by atoms with Gasteiger partial charge in [0, 0.05) is 20.7 Å².